The number of thiazole rings is 1. The van der Waals surface area contributed by atoms with E-state index >= 15 is 0 Å². The highest BCUT2D eigenvalue weighted by molar-refractivity contribution is 7.15. The molecule has 0 fully saturated rings. The minimum absolute atomic E-state index is 0.210. The van der Waals surface area contributed by atoms with E-state index in [1.165, 1.54) is 15.9 Å². The first kappa shape index (κ1) is 20.5. The molecule has 9 heteroatoms. The lowest BCUT2D eigenvalue weighted by atomic mass is 10.2. The van der Waals surface area contributed by atoms with Crippen LogP contribution >= 0.6 is 22.7 Å². The number of benzene rings is 2. The van der Waals surface area contributed by atoms with Crippen LogP contribution in [-0.4, -0.2) is 31.5 Å². The van der Waals surface area contributed by atoms with Crippen molar-refractivity contribution < 1.29 is 4.74 Å². The van der Waals surface area contributed by atoms with Crippen LogP contribution in [-0.2, 0) is 0 Å². The topological polar surface area (TPSA) is 74.3 Å². The molecule has 0 saturated heterocycles. The summed E-state index contributed by atoms with van der Waals surface area (Å²) in [5.74, 6) is 1.12. The zero-order valence-electron chi connectivity index (χ0n) is 18.0. The van der Waals surface area contributed by atoms with E-state index in [0.29, 0.717) is 21.1 Å². The summed E-state index contributed by atoms with van der Waals surface area (Å²) in [6.45, 7) is 0. The Hall–Kier alpha value is -4.08. The molecule has 7 nitrogen and oxygen atoms in total. The van der Waals surface area contributed by atoms with Gasteiger partial charge in [0.05, 0.1) is 27.8 Å². The summed E-state index contributed by atoms with van der Waals surface area (Å²) in [6, 6.07) is 21.4. The van der Waals surface area contributed by atoms with Gasteiger partial charge in [-0.2, -0.15) is 14.6 Å². The number of thiophene rings is 1. The third kappa shape index (κ3) is 3.51. The monoisotopic (exact) mass is 483 g/mol. The molecular formula is C25H17N5O2S2. The van der Waals surface area contributed by atoms with Gasteiger partial charge in [0.1, 0.15) is 11.4 Å². The Balaban J connectivity index is 1.48. The van der Waals surface area contributed by atoms with Crippen LogP contribution in [0.4, 0.5) is 0 Å². The Morgan fingerprint density at radius 3 is 2.56 bits per heavy atom. The lowest BCUT2D eigenvalue weighted by Gasteiger charge is -2.03. The van der Waals surface area contributed by atoms with Crippen molar-refractivity contribution in [3.05, 3.63) is 98.8 Å². The average molecular weight is 484 g/mol. The molecule has 0 aliphatic rings. The number of hydrogen-bond donors (Lipinski definition) is 0. The molecule has 0 atom stereocenters. The first-order valence-corrected chi connectivity index (χ1v) is 12.1. The predicted octanol–water partition coefficient (Wildman–Crippen LogP) is 4.29. The number of nitrogens with zero attached hydrogens (tertiary/aromatic N) is 5. The van der Waals surface area contributed by atoms with Crippen LogP contribution in [0.3, 0.4) is 0 Å². The Morgan fingerprint density at radius 2 is 1.79 bits per heavy atom. The van der Waals surface area contributed by atoms with Crippen LogP contribution in [0.1, 0.15) is 5.56 Å². The van der Waals surface area contributed by atoms with Crippen LogP contribution in [0, 0.1) is 0 Å². The first-order valence-electron chi connectivity index (χ1n) is 10.4. The second kappa shape index (κ2) is 8.36. The van der Waals surface area contributed by atoms with Crippen molar-refractivity contribution in [3.8, 4) is 33.4 Å². The summed E-state index contributed by atoms with van der Waals surface area (Å²) >= 11 is 2.92. The molecule has 2 aromatic carbocycles. The standard InChI is InChI=1S/C25H17N5O2S2/c1-32-19-11-6-5-10-18(19)23-26-25-30(28-23)24(31)21(34-25)14-16-15-29(17-8-3-2-4-9-17)27-22(16)20-12-7-13-33-20/h2-15H,1H3/b21-14-. The maximum atomic E-state index is 13.2. The van der Waals surface area contributed by atoms with Gasteiger partial charge in [-0.05, 0) is 41.8 Å². The summed E-state index contributed by atoms with van der Waals surface area (Å²) in [5.41, 5.74) is 3.17. The van der Waals surface area contributed by atoms with E-state index in [9.17, 15) is 4.79 Å². The highest BCUT2D eigenvalue weighted by atomic mass is 32.1. The van der Waals surface area contributed by atoms with Crippen LogP contribution in [0.15, 0.2) is 83.1 Å². The number of rotatable bonds is 5. The smallest absolute Gasteiger partial charge is 0.291 e. The molecule has 0 amide bonds. The van der Waals surface area contributed by atoms with Crippen LogP contribution in [0.5, 0.6) is 5.75 Å². The van der Waals surface area contributed by atoms with Gasteiger partial charge < -0.3 is 4.74 Å². The zero-order chi connectivity index (χ0) is 23.1. The van der Waals surface area contributed by atoms with E-state index in [4.69, 9.17) is 9.84 Å². The summed E-state index contributed by atoms with van der Waals surface area (Å²) in [5, 5.41) is 11.3. The summed E-state index contributed by atoms with van der Waals surface area (Å²) in [7, 11) is 1.60. The van der Waals surface area contributed by atoms with E-state index < -0.39 is 0 Å². The van der Waals surface area contributed by atoms with Crippen molar-refractivity contribution in [3.63, 3.8) is 0 Å². The number of aromatic nitrogens is 5. The number of para-hydroxylation sites is 2. The van der Waals surface area contributed by atoms with Gasteiger partial charge in [0.25, 0.3) is 5.56 Å². The average Bonchev–Trinajstić information content (AvgIpc) is 3.66. The molecule has 0 N–H and O–H groups in total. The molecule has 34 heavy (non-hydrogen) atoms. The largest absolute Gasteiger partial charge is 0.496 e. The second-order valence-corrected chi connectivity index (χ2v) is 9.39. The van der Waals surface area contributed by atoms with E-state index in [-0.39, 0.29) is 5.56 Å². The van der Waals surface area contributed by atoms with Gasteiger partial charge in [0.15, 0.2) is 5.82 Å². The molecule has 6 aromatic rings. The molecule has 0 unspecified atom stereocenters. The highest BCUT2D eigenvalue weighted by Crippen LogP contribution is 2.29. The number of methoxy groups -OCH3 is 1. The molecular weight excluding hydrogens is 466 g/mol. The Kier molecular flexibility index (Phi) is 5.05. The van der Waals surface area contributed by atoms with Gasteiger partial charge in [-0.15, -0.1) is 16.4 Å². The number of ether oxygens (including phenoxy) is 1. The lowest BCUT2D eigenvalue weighted by Crippen LogP contribution is -2.23. The van der Waals surface area contributed by atoms with Gasteiger partial charge in [-0.1, -0.05) is 47.7 Å². The van der Waals surface area contributed by atoms with Crippen LogP contribution in [0.25, 0.3) is 38.7 Å². The molecule has 0 saturated carbocycles. The number of hydrogen-bond acceptors (Lipinski definition) is 7. The molecule has 6 rings (SSSR count). The number of fused-ring (bicyclic) bond motifs is 1. The van der Waals surface area contributed by atoms with E-state index in [1.807, 2.05) is 89.1 Å². The SMILES string of the molecule is COc1ccccc1-c1nc2s/c(=C\c3cn(-c4ccccc4)nc3-c3cccs3)c(=O)n2n1. The fourth-order valence-corrected chi connectivity index (χ4v) is 5.36. The second-order valence-electron chi connectivity index (χ2n) is 7.44. The molecule has 4 aromatic heterocycles. The van der Waals surface area contributed by atoms with Crippen LogP contribution < -0.4 is 14.8 Å². The maximum absolute atomic E-state index is 13.2. The van der Waals surface area contributed by atoms with Crippen molar-refractivity contribution in [1.82, 2.24) is 24.4 Å². The molecule has 0 radical (unpaired) electrons. The van der Waals surface area contributed by atoms with Crippen LogP contribution in [0.2, 0.25) is 0 Å². The van der Waals surface area contributed by atoms with Gasteiger partial charge >= 0.3 is 0 Å². The van der Waals surface area contributed by atoms with Crippen molar-refractivity contribution >= 4 is 33.7 Å². The fraction of sp³-hybridized carbons (Fsp3) is 0.0400. The third-order valence-corrected chi connectivity index (χ3v) is 7.17. The lowest BCUT2D eigenvalue weighted by molar-refractivity contribution is 0.416. The van der Waals surface area contributed by atoms with Crippen molar-refractivity contribution in [2.45, 2.75) is 0 Å². The third-order valence-electron chi connectivity index (χ3n) is 5.33. The zero-order valence-corrected chi connectivity index (χ0v) is 19.6. The predicted molar refractivity (Wildman–Crippen MR) is 135 cm³/mol. The molecule has 0 aliphatic heterocycles. The van der Waals surface area contributed by atoms with E-state index in [0.717, 1.165) is 27.4 Å². The van der Waals surface area contributed by atoms with Crippen molar-refractivity contribution in [1.29, 1.82) is 0 Å². The summed E-state index contributed by atoms with van der Waals surface area (Å²) < 4.78 is 9.15. The normalized spacial score (nSPS) is 12.0. The Labute approximate surface area is 201 Å². The minimum atomic E-state index is -0.210. The minimum Gasteiger partial charge on any atom is -0.496 e. The van der Waals surface area contributed by atoms with Crippen molar-refractivity contribution in [2.75, 3.05) is 7.11 Å². The quantitative estimate of drug-likeness (QED) is 0.366. The van der Waals surface area contributed by atoms with Gasteiger partial charge in [-0.25, -0.2) is 4.68 Å². The van der Waals surface area contributed by atoms with Gasteiger partial charge in [-0.3, -0.25) is 4.79 Å². The van der Waals surface area contributed by atoms with Gasteiger partial charge in [0, 0.05) is 11.8 Å². The summed E-state index contributed by atoms with van der Waals surface area (Å²) in [4.78, 5) is 19.3. The van der Waals surface area contributed by atoms with Crippen molar-refractivity contribution in [2.24, 2.45) is 0 Å². The molecule has 0 spiro atoms. The fourth-order valence-electron chi connectivity index (χ4n) is 3.73. The first-order chi connectivity index (χ1) is 16.7. The Bertz CT molecular complexity index is 1720. The van der Waals surface area contributed by atoms with Gasteiger partial charge in [0.2, 0.25) is 4.96 Å². The highest BCUT2D eigenvalue weighted by Gasteiger charge is 2.16. The van der Waals surface area contributed by atoms with E-state index in [2.05, 4.69) is 10.1 Å². The molecule has 166 valence electrons. The molecule has 4 heterocycles. The molecule has 0 bridgehead atoms. The maximum Gasteiger partial charge on any atom is 0.291 e. The Morgan fingerprint density at radius 1 is 0.971 bits per heavy atom. The van der Waals surface area contributed by atoms with E-state index in [1.54, 1.807) is 18.4 Å². The summed E-state index contributed by atoms with van der Waals surface area (Å²) in [6.07, 6.45) is 3.81. The molecule has 0 aliphatic carbocycles.